The first-order chi connectivity index (χ1) is 18.7. The highest BCUT2D eigenvalue weighted by Gasteiger charge is 2.44. The second-order valence-electron chi connectivity index (χ2n) is 10.5. The number of imidazole rings is 1. The van der Waals surface area contributed by atoms with Gasteiger partial charge < -0.3 is 19.7 Å². The number of fused-ring (bicyclic) bond motifs is 2. The van der Waals surface area contributed by atoms with Crippen LogP contribution in [-0.2, 0) is 17.6 Å². The number of rotatable bonds is 7. The van der Waals surface area contributed by atoms with Gasteiger partial charge in [-0.1, -0.05) is 36.8 Å². The number of halogens is 3. The van der Waals surface area contributed by atoms with Crippen LogP contribution in [0, 0.1) is 5.41 Å². The quantitative estimate of drug-likeness (QED) is 0.258. The Kier molecular flexibility index (Phi) is 6.24. The Labute approximate surface area is 223 Å². The summed E-state index contributed by atoms with van der Waals surface area (Å²) >= 11 is 0. The molecule has 1 atom stereocenters. The molecule has 0 spiro atoms. The van der Waals surface area contributed by atoms with E-state index in [4.69, 9.17) is 4.98 Å². The number of nitrogens with zero attached hydrogens (tertiary/aromatic N) is 2. The van der Waals surface area contributed by atoms with E-state index in [1.165, 1.54) is 35.4 Å². The molecular formula is C30H28F3N3O3. The van der Waals surface area contributed by atoms with Crippen molar-refractivity contribution in [2.24, 2.45) is 5.41 Å². The van der Waals surface area contributed by atoms with E-state index in [1.807, 2.05) is 30.3 Å². The van der Waals surface area contributed by atoms with Crippen LogP contribution in [0.3, 0.4) is 0 Å². The van der Waals surface area contributed by atoms with Crippen LogP contribution in [0.2, 0.25) is 0 Å². The number of ether oxygens (including phenoxy) is 1. The predicted molar refractivity (Wildman–Crippen MR) is 141 cm³/mol. The molecule has 0 bridgehead atoms. The average Bonchev–Trinajstić information content (AvgIpc) is 3.22. The SMILES string of the molecule is O=C(O)C1(Cc2ccc3c(c2)nc(Nc2ccc(OC(F)(F)F)cc2)n3C2CCCc3ccccc32)CCC1. The standard InChI is InChI=1S/C30H28F3N3O3/c31-30(32,33)39-22-12-10-21(11-13-22)34-28-35-24-17-19(18-29(27(37)38)15-4-16-29)9-14-26(24)36(28)25-8-3-6-20-5-1-2-7-23(20)25/h1-2,5,7,9-14,17,25H,3-4,6,8,15-16,18H2,(H,34,35)(H,37,38). The van der Waals surface area contributed by atoms with Crippen molar-refractivity contribution in [3.8, 4) is 5.75 Å². The van der Waals surface area contributed by atoms with Gasteiger partial charge in [0.25, 0.3) is 0 Å². The number of carboxylic acids is 1. The van der Waals surface area contributed by atoms with Crippen molar-refractivity contribution in [1.82, 2.24) is 9.55 Å². The average molecular weight is 536 g/mol. The summed E-state index contributed by atoms with van der Waals surface area (Å²) in [5, 5.41) is 13.1. The number of nitrogens with one attached hydrogen (secondary N) is 1. The van der Waals surface area contributed by atoms with E-state index in [0.717, 1.165) is 42.3 Å². The molecule has 1 unspecified atom stereocenters. The second-order valence-corrected chi connectivity index (χ2v) is 10.5. The maximum Gasteiger partial charge on any atom is 0.573 e. The lowest BCUT2D eigenvalue weighted by Crippen LogP contribution is -2.39. The van der Waals surface area contributed by atoms with Crippen LogP contribution in [0.5, 0.6) is 5.75 Å². The molecule has 0 radical (unpaired) electrons. The first kappa shape index (κ1) is 25.3. The Balaban J connectivity index is 1.39. The van der Waals surface area contributed by atoms with Gasteiger partial charge in [-0.2, -0.15) is 0 Å². The van der Waals surface area contributed by atoms with Crippen LogP contribution in [0.25, 0.3) is 11.0 Å². The first-order valence-electron chi connectivity index (χ1n) is 13.2. The van der Waals surface area contributed by atoms with Crippen molar-refractivity contribution in [1.29, 1.82) is 0 Å². The Hall–Kier alpha value is -4.01. The number of carboxylic acid groups (broad SMARTS) is 1. The fraction of sp³-hybridized carbons (Fsp3) is 0.333. The molecule has 3 aromatic carbocycles. The molecule has 1 aromatic heterocycles. The molecular weight excluding hydrogens is 507 g/mol. The molecule has 1 heterocycles. The molecule has 2 aliphatic rings. The number of anilines is 2. The van der Waals surface area contributed by atoms with Crippen molar-refractivity contribution >= 4 is 28.6 Å². The Morgan fingerprint density at radius 1 is 1.08 bits per heavy atom. The molecule has 202 valence electrons. The van der Waals surface area contributed by atoms with Gasteiger partial charge in [0.05, 0.1) is 22.5 Å². The Bertz CT molecular complexity index is 1520. The number of alkyl halides is 3. The molecule has 0 amide bonds. The molecule has 0 aliphatic heterocycles. The minimum Gasteiger partial charge on any atom is -0.481 e. The third kappa shape index (κ3) is 4.93. The lowest BCUT2D eigenvalue weighted by Gasteiger charge is -2.37. The molecule has 2 N–H and O–H groups in total. The van der Waals surface area contributed by atoms with Crippen LogP contribution in [0.15, 0.2) is 66.7 Å². The summed E-state index contributed by atoms with van der Waals surface area (Å²) in [6.45, 7) is 0. The minimum atomic E-state index is -4.76. The predicted octanol–water partition coefficient (Wildman–Crippen LogP) is 7.40. The molecule has 6 rings (SSSR count). The largest absolute Gasteiger partial charge is 0.573 e. The van der Waals surface area contributed by atoms with E-state index in [-0.39, 0.29) is 11.8 Å². The van der Waals surface area contributed by atoms with Crippen LogP contribution >= 0.6 is 0 Å². The van der Waals surface area contributed by atoms with Crippen LogP contribution in [0.4, 0.5) is 24.8 Å². The monoisotopic (exact) mass is 535 g/mol. The van der Waals surface area contributed by atoms with Gasteiger partial charge in [0.15, 0.2) is 0 Å². The van der Waals surface area contributed by atoms with Gasteiger partial charge in [0, 0.05) is 5.69 Å². The summed E-state index contributed by atoms with van der Waals surface area (Å²) in [4.78, 5) is 16.9. The molecule has 1 saturated carbocycles. The molecule has 2 aliphatic carbocycles. The topological polar surface area (TPSA) is 76.4 Å². The summed E-state index contributed by atoms with van der Waals surface area (Å²) in [7, 11) is 0. The van der Waals surface area contributed by atoms with Gasteiger partial charge in [-0.15, -0.1) is 13.2 Å². The lowest BCUT2D eigenvalue weighted by molar-refractivity contribution is -0.274. The third-order valence-electron chi connectivity index (χ3n) is 8.05. The summed E-state index contributed by atoms with van der Waals surface area (Å²) in [6, 6.07) is 19.9. The van der Waals surface area contributed by atoms with E-state index in [0.29, 0.717) is 30.9 Å². The Morgan fingerprint density at radius 2 is 1.85 bits per heavy atom. The molecule has 6 nitrogen and oxygen atoms in total. The minimum absolute atomic E-state index is 0.0260. The van der Waals surface area contributed by atoms with Crippen LogP contribution in [0.1, 0.15) is 54.8 Å². The van der Waals surface area contributed by atoms with Crippen molar-refractivity contribution in [2.45, 2.75) is 57.3 Å². The number of aliphatic carboxylic acids is 1. The van der Waals surface area contributed by atoms with Crippen LogP contribution in [-0.4, -0.2) is 27.0 Å². The van der Waals surface area contributed by atoms with Gasteiger partial charge in [0.1, 0.15) is 5.75 Å². The summed E-state index contributed by atoms with van der Waals surface area (Å²) in [5.41, 5.74) is 4.97. The molecule has 4 aromatic rings. The first-order valence-corrected chi connectivity index (χ1v) is 13.2. The molecule has 9 heteroatoms. The summed E-state index contributed by atoms with van der Waals surface area (Å²) in [5.74, 6) is -0.473. The van der Waals surface area contributed by atoms with Gasteiger partial charge in [0.2, 0.25) is 5.95 Å². The highest BCUT2D eigenvalue weighted by atomic mass is 19.4. The molecule has 1 fully saturated rings. The third-order valence-corrected chi connectivity index (χ3v) is 8.05. The fourth-order valence-corrected chi connectivity index (χ4v) is 5.98. The fourth-order valence-electron chi connectivity index (χ4n) is 5.98. The number of hydrogen-bond donors (Lipinski definition) is 2. The smallest absolute Gasteiger partial charge is 0.481 e. The van der Waals surface area contributed by atoms with Gasteiger partial charge >= 0.3 is 12.3 Å². The maximum atomic E-state index is 12.6. The highest BCUT2D eigenvalue weighted by Crippen LogP contribution is 2.45. The van der Waals surface area contributed by atoms with E-state index >= 15 is 0 Å². The lowest BCUT2D eigenvalue weighted by atomic mass is 9.65. The molecule has 39 heavy (non-hydrogen) atoms. The summed E-state index contributed by atoms with van der Waals surface area (Å²) < 4.78 is 44.0. The van der Waals surface area contributed by atoms with Gasteiger partial charge in [-0.25, -0.2) is 4.98 Å². The number of hydrogen-bond acceptors (Lipinski definition) is 4. The normalized spacial score (nSPS) is 18.3. The van der Waals surface area contributed by atoms with E-state index < -0.39 is 17.7 Å². The Morgan fingerprint density at radius 3 is 2.54 bits per heavy atom. The zero-order chi connectivity index (χ0) is 27.2. The van der Waals surface area contributed by atoms with Crippen LogP contribution < -0.4 is 10.1 Å². The second kappa shape index (κ2) is 9.63. The number of carbonyl (C=O) groups is 1. The van der Waals surface area contributed by atoms with Crippen molar-refractivity contribution in [3.63, 3.8) is 0 Å². The van der Waals surface area contributed by atoms with Crippen molar-refractivity contribution < 1.29 is 27.8 Å². The zero-order valence-corrected chi connectivity index (χ0v) is 21.2. The number of benzene rings is 3. The number of aryl methyl sites for hydroxylation is 1. The van der Waals surface area contributed by atoms with Gasteiger partial charge in [-0.05, 0) is 91.6 Å². The zero-order valence-electron chi connectivity index (χ0n) is 21.2. The van der Waals surface area contributed by atoms with E-state index in [2.05, 4.69) is 26.8 Å². The number of aromatic nitrogens is 2. The van der Waals surface area contributed by atoms with Crippen molar-refractivity contribution in [2.75, 3.05) is 5.32 Å². The highest BCUT2D eigenvalue weighted by molar-refractivity contribution is 5.82. The van der Waals surface area contributed by atoms with Gasteiger partial charge in [-0.3, -0.25) is 4.79 Å². The molecule has 0 saturated heterocycles. The summed E-state index contributed by atoms with van der Waals surface area (Å²) in [6.07, 6.45) is 0.912. The van der Waals surface area contributed by atoms with E-state index in [9.17, 15) is 23.1 Å². The van der Waals surface area contributed by atoms with E-state index in [1.54, 1.807) is 0 Å². The van der Waals surface area contributed by atoms with Crippen molar-refractivity contribution in [3.05, 3.63) is 83.4 Å². The maximum absolute atomic E-state index is 12.6.